The fourth-order valence-corrected chi connectivity index (χ4v) is 3.64. The molecule has 0 bridgehead atoms. The van der Waals surface area contributed by atoms with Gasteiger partial charge in [-0.2, -0.15) is 0 Å². The molecule has 0 fully saturated rings. The molecule has 0 unspecified atom stereocenters. The first-order chi connectivity index (χ1) is 17.7. The van der Waals surface area contributed by atoms with Crippen LogP contribution in [0.15, 0.2) is 0 Å². The molecule has 0 aromatic rings. The van der Waals surface area contributed by atoms with Gasteiger partial charge in [0, 0.05) is 13.5 Å². The van der Waals surface area contributed by atoms with E-state index in [1.54, 1.807) is 0 Å². The monoisotopic (exact) mass is 548 g/mol. The Hall–Kier alpha value is -3.79. The summed E-state index contributed by atoms with van der Waals surface area (Å²) in [7, 11) is 0. The molecule has 216 valence electrons. The van der Waals surface area contributed by atoms with Crippen molar-refractivity contribution in [2.75, 3.05) is 39.3 Å². The van der Waals surface area contributed by atoms with Crippen molar-refractivity contribution in [3.05, 3.63) is 0 Å². The zero-order valence-electron chi connectivity index (χ0n) is 21.1. The highest BCUT2D eigenvalue weighted by Crippen LogP contribution is 2.12. The summed E-state index contributed by atoms with van der Waals surface area (Å²) in [5.74, 6) is -7.80. The predicted octanol–water partition coefficient (Wildman–Crippen LogP) is -1.66. The second kappa shape index (κ2) is 18.5. The lowest BCUT2D eigenvalue weighted by Crippen LogP contribution is -2.54. The highest BCUT2D eigenvalue weighted by atomic mass is 16.4. The molecule has 0 aliphatic rings. The number of hydrogen-bond acceptors (Lipinski definition) is 9. The first kappa shape index (κ1) is 34.2. The Labute approximate surface area is 218 Å². The average Bonchev–Trinajstić information content (AvgIpc) is 2.75. The number of carbonyl (C=O) groups is 7. The van der Waals surface area contributed by atoms with Crippen LogP contribution in [0, 0.1) is 0 Å². The third-order valence-corrected chi connectivity index (χ3v) is 5.25. The zero-order chi connectivity index (χ0) is 29.3. The lowest BCUT2D eigenvalue weighted by molar-refractivity contribution is -0.147. The van der Waals surface area contributed by atoms with Crippen molar-refractivity contribution in [1.29, 1.82) is 0 Å². The van der Waals surface area contributed by atoms with Crippen LogP contribution >= 0.6 is 0 Å². The van der Waals surface area contributed by atoms with Crippen LogP contribution in [0.5, 0.6) is 0 Å². The molecule has 7 N–H and O–H groups in total. The summed E-state index contributed by atoms with van der Waals surface area (Å²) < 4.78 is 0. The van der Waals surface area contributed by atoms with Gasteiger partial charge in [0.15, 0.2) is 0 Å². The number of carboxylic acid groups (broad SMARTS) is 5. The average molecular weight is 549 g/mol. The smallest absolute Gasteiger partial charge is 0.326 e. The maximum absolute atomic E-state index is 13.0. The Kier molecular flexibility index (Phi) is 16.6. The highest BCUT2D eigenvalue weighted by molar-refractivity contribution is 5.88. The van der Waals surface area contributed by atoms with Gasteiger partial charge < -0.3 is 36.2 Å². The fourth-order valence-electron chi connectivity index (χ4n) is 3.64. The third kappa shape index (κ3) is 16.8. The van der Waals surface area contributed by atoms with Crippen LogP contribution in [0.3, 0.4) is 0 Å². The van der Waals surface area contributed by atoms with Gasteiger partial charge in [0.25, 0.3) is 0 Å². The number of nitrogens with one attached hydrogen (secondary N) is 2. The number of hydrogen-bond donors (Lipinski definition) is 7. The van der Waals surface area contributed by atoms with Crippen molar-refractivity contribution in [3.8, 4) is 0 Å². The quantitative estimate of drug-likeness (QED) is 0.0748. The van der Waals surface area contributed by atoms with Crippen molar-refractivity contribution in [2.24, 2.45) is 0 Å². The Morgan fingerprint density at radius 2 is 1.18 bits per heavy atom. The van der Waals surface area contributed by atoms with Crippen molar-refractivity contribution in [1.82, 2.24) is 20.4 Å². The number of rotatable bonds is 22. The maximum atomic E-state index is 13.0. The Balaban J connectivity index is 5.44. The molecule has 0 rings (SSSR count). The SMILES string of the molecule is CC(=O)NCCCC[C@H](NC(=O)[C@H](CCCCN(CC(=O)O)CC(=O)O)N(CC(=O)O)CC(=O)O)C(=O)O. The number of carboxylic acids is 5. The van der Waals surface area contributed by atoms with E-state index in [1.807, 2.05) is 0 Å². The summed E-state index contributed by atoms with van der Waals surface area (Å²) in [4.78, 5) is 82.2. The summed E-state index contributed by atoms with van der Waals surface area (Å²) in [5, 5.41) is 50.7. The van der Waals surface area contributed by atoms with E-state index in [9.17, 15) is 48.9 Å². The van der Waals surface area contributed by atoms with Gasteiger partial charge in [-0.05, 0) is 38.6 Å². The van der Waals surface area contributed by atoms with E-state index < -0.39 is 74.0 Å². The van der Waals surface area contributed by atoms with Gasteiger partial charge in [-0.1, -0.05) is 6.42 Å². The van der Waals surface area contributed by atoms with Gasteiger partial charge in [-0.3, -0.25) is 38.6 Å². The van der Waals surface area contributed by atoms with Gasteiger partial charge >= 0.3 is 29.8 Å². The van der Waals surface area contributed by atoms with E-state index in [-0.39, 0.29) is 38.1 Å². The van der Waals surface area contributed by atoms with E-state index >= 15 is 0 Å². The predicted molar refractivity (Wildman–Crippen MR) is 128 cm³/mol. The van der Waals surface area contributed by atoms with Crippen molar-refractivity contribution in [3.63, 3.8) is 0 Å². The number of amides is 2. The summed E-state index contributed by atoms with van der Waals surface area (Å²) in [6, 6.07) is -2.68. The summed E-state index contributed by atoms with van der Waals surface area (Å²) in [6.07, 6.45) is 1.02. The largest absolute Gasteiger partial charge is 0.480 e. The summed E-state index contributed by atoms with van der Waals surface area (Å²) in [5.41, 5.74) is 0. The van der Waals surface area contributed by atoms with E-state index in [0.717, 1.165) is 9.80 Å². The molecule has 0 heterocycles. The van der Waals surface area contributed by atoms with Gasteiger partial charge in [-0.25, -0.2) is 4.79 Å². The summed E-state index contributed by atoms with van der Waals surface area (Å²) in [6.45, 7) is -1.05. The minimum Gasteiger partial charge on any atom is -0.480 e. The highest BCUT2D eigenvalue weighted by Gasteiger charge is 2.31. The van der Waals surface area contributed by atoms with Gasteiger partial charge in [0.1, 0.15) is 6.04 Å². The standard InChI is InChI=1S/C22H36N4O12/c1-14(27)23-8-4-2-6-15(22(37)38)24-21(36)16(26(12-19(32)33)13-20(34)35)7-3-5-9-25(10-17(28)29)11-18(30)31/h15-16H,2-13H2,1H3,(H,23,27)(H,24,36)(H,28,29)(H,30,31)(H,32,33)(H,34,35)(H,37,38)/t15-,16-/m0/s1. The van der Waals surface area contributed by atoms with Crippen LogP contribution in [0.25, 0.3) is 0 Å². The molecular formula is C22H36N4O12. The van der Waals surface area contributed by atoms with Gasteiger partial charge in [0.2, 0.25) is 11.8 Å². The van der Waals surface area contributed by atoms with E-state index in [0.29, 0.717) is 19.4 Å². The number of carbonyl (C=O) groups excluding carboxylic acids is 2. The Morgan fingerprint density at radius 1 is 0.684 bits per heavy atom. The molecule has 38 heavy (non-hydrogen) atoms. The fraction of sp³-hybridized carbons (Fsp3) is 0.682. The second-order valence-electron chi connectivity index (χ2n) is 8.58. The molecule has 0 saturated heterocycles. The van der Waals surface area contributed by atoms with E-state index in [2.05, 4.69) is 10.6 Å². The van der Waals surface area contributed by atoms with Crippen LogP contribution < -0.4 is 10.6 Å². The van der Waals surface area contributed by atoms with Crippen molar-refractivity contribution >= 4 is 41.7 Å². The van der Waals surface area contributed by atoms with Crippen LogP contribution in [-0.2, 0) is 33.6 Å². The minimum atomic E-state index is -1.41. The Morgan fingerprint density at radius 3 is 1.63 bits per heavy atom. The first-order valence-electron chi connectivity index (χ1n) is 11.8. The minimum absolute atomic E-state index is 0.00454. The van der Waals surface area contributed by atoms with Crippen LogP contribution in [0.1, 0.15) is 45.4 Å². The molecular weight excluding hydrogens is 512 g/mol. The maximum Gasteiger partial charge on any atom is 0.326 e. The molecule has 16 heteroatoms. The topological polar surface area (TPSA) is 251 Å². The molecule has 0 aliphatic carbocycles. The summed E-state index contributed by atoms with van der Waals surface area (Å²) >= 11 is 0. The molecule has 0 aliphatic heterocycles. The molecule has 0 aromatic carbocycles. The third-order valence-electron chi connectivity index (χ3n) is 5.25. The second-order valence-corrected chi connectivity index (χ2v) is 8.58. The first-order valence-corrected chi connectivity index (χ1v) is 11.8. The van der Waals surface area contributed by atoms with Crippen molar-refractivity contribution < 1.29 is 59.1 Å². The molecule has 16 nitrogen and oxygen atoms in total. The normalized spacial score (nSPS) is 12.5. The molecule has 0 saturated carbocycles. The lowest BCUT2D eigenvalue weighted by Gasteiger charge is -2.29. The molecule has 0 radical (unpaired) electrons. The number of aliphatic carboxylic acids is 5. The molecule has 2 amide bonds. The Bertz CT molecular complexity index is 818. The van der Waals surface area contributed by atoms with Crippen LogP contribution in [0.2, 0.25) is 0 Å². The zero-order valence-corrected chi connectivity index (χ0v) is 21.1. The number of unbranched alkanes of at least 4 members (excludes halogenated alkanes) is 2. The number of nitrogens with zero attached hydrogens (tertiary/aromatic N) is 2. The lowest BCUT2D eigenvalue weighted by atomic mass is 10.0. The van der Waals surface area contributed by atoms with Gasteiger partial charge in [0.05, 0.1) is 32.2 Å². The van der Waals surface area contributed by atoms with Crippen LogP contribution in [0.4, 0.5) is 0 Å². The van der Waals surface area contributed by atoms with E-state index in [1.165, 1.54) is 6.92 Å². The van der Waals surface area contributed by atoms with Crippen LogP contribution in [-0.4, -0.2) is 128 Å². The van der Waals surface area contributed by atoms with Crippen molar-refractivity contribution in [2.45, 2.75) is 57.5 Å². The molecule has 0 aromatic heterocycles. The van der Waals surface area contributed by atoms with E-state index in [4.69, 9.17) is 10.2 Å². The molecule has 0 spiro atoms. The molecule has 2 atom stereocenters. The van der Waals surface area contributed by atoms with Gasteiger partial charge in [-0.15, -0.1) is 0 Å².